The van der Waals surface area contributed by atoms with Crippen molar-refractivity contribution >= 4 is 15.7 Å². The average Bonchev–Trinajstić information content (AvgIpc) is 2.99. The molecule has 1 amide bonds. The fourth-order valence-electron chi connectivity index (χ4n) is 1.91. The van der Waals surface area contributed by atoms with Crippen LogP contribution in [0.3, 0.4) is 0 Å². The Balaban J connectivity index is 2.05. The lowest BCUT2D eigenvalue weighted by Gasteiger charge is -2.10. The molecule has 22 heavy (non-hydrogen) atoms. The molecule has 7 heteroatoms. The lowest BCUT2D eigenvalue weighted by Crippen LogP contribution is -2.33. The summed E-state index contributed by atoms with van der Waals surface area (Å²) in [5.74, 6) is -0.282. The molecule has 2 aromatic rings. The lowest BCUT2D eigenvalue weighted by molar-refractivity contribution is -0.118. The maximum atomic E-state index is 11.8. The van der Waals surface area contributed by atoms with E-state index in [-0.39, 0.29) is 6.54 Å². The minimum atomic E-state index is -3.39. The van der Waals surface area contributed by atoms with Crippen LogP contribution in [0, 0.1) is 0 Å². The molecule has 1 heterocycles. The first-order chi connectivity index (χ1) is 10.4. The number of benzene rings is 1. The number of carbonyl (C=O) groups excluding carboxylic acids is 1. The molecule has 0 radical (unpaired) electrons. The Kier molecular flexibility index (Phi) is 4.97. The van der Waals surface area contributed by atoms with Gasteiger partial charge < -0.3 is 10.3 Å². The summed E-state index contributed by atoms with van der Waals surface area (Å²) in [6.07, 6.45) is 3.37. The molecular weight excluding hydrogens is 302 g/mol. The van der Waals surface area contributed by atoms with Gasteiger partial charge in [-0.1, -0.05) is 24.3 Å². The zero-order valence-electron chi connectivity index (χ0n) is 12.5. The number of hydrogen-bond donors (Lipinski definition) is 2. The highest BCUT2D eigenvalue weighted by Crippen LogP contribution is 2.19. The summed E-state index contributed by atoms with van der Waals surface area (Å²) in [4.78, 5) is 19.0. The summed E-state index contributed by atoms with van der Waals surface area (Å²) in [5.41, 5.74) is 1.74. The van der Waals surface area contributed by atoms with Gasteiger partial charge in [-0.05, 0) is 19.4 Å². The first-order valence-electron chi connectivity index (χ1n) is 6.96. The Labute approximate surface area is 129 Å². The van der Waals surface area contributed by atoms with Crippen LogP contribution in [0.5, 0.6) is 0 Å². The maximum absolute atomic E-state index is 11.8. The van der Waals surface area contributed by atoms with Gasteiger partial charge in [-0.3, -0.25) is 4.79 Å². The number of rotatable bonds is 6. The third-order valence-corrected chi connectivity index (χ3v) is 5.40. The second kappa shape index (κ2) is 6.74. The van der Waals surface area contributed by atoms with E-state index in [0.29, 0.717) is 5.82 Å². The molecule has 1 aromatic carbocycles. The second-order valence-corrected chi connectivity index (χ2v) is 7.78. The highest BCUT2D eigenvalue weighted by molar-refractivity contribution is 7.92. The SMILES string of the molecule is CC(C)S(=O)(=O)CC(=O)NCc1ccccc1-c1ncc[nH]1. The second-order valence-electron chi connectivity index (χ2n) is 5.23. The van der Waals surface area contributed by atoms with Gasteiger partial charge in [0, 0.05) is 24.5 Å². The molecule has 1 aromatic heterocycles. The number of imidazole rings is 1. The van der Waals surface area contributed by atoms with Gasteiger partial charge in [-0.25, -0.2) is 13.4 Å². The van der Waals surface area contributed by atoms with Crippen molar-refractivity contribution in [3.05, 3.63) is 42.2 Å². The number of H-pyrrole nitrogens is 1. The molecule has 0 unspecified atom stereocenters. The van der Waals surface area contributed by atoms with E-state index in [1.807, 2.05) is 24.3 Å². The van der Waals surface area contributed by atoms with Crippen LogP contribution in [0.4, 0.5) is 0 Å². The zero-order chi connectivity index (χ0) is 16.2. The van der Waals surface area contributed by atoms with Crippen LogP contribution in [-0.2, 0) is 21.2 Å². The van der Waals surface area contributed by atoms with Crippen LogP contribution in [0.2, 0.25) is 0 Å². The van der Waals surface area contributed by atoms with Gasteiger partial charge >= 0.3 is 0 Å². The summed E-state index contributed by atoms with van der Waals surface area (Å²) in [5, 5.41) is 2.09. The Hall–Kier alpha value is -2.15. The molecule has 0 spiro atoms. The van der Waals surface area contributed by atoms with Crippen LogP contribution < -0.4 is 5.32 Å². The van der Waals surface area contributed by atoms with Crippen LogP contribution in [0.15, 0.2) is 36.7 Å². The first kappa shape index (κ1) is 16.2. The largest absolute Gasteiger partial charge is 0.351 e. The standard InChI is InChI=1S/C15H19N3O3S/c1-11(2)22(20,21)10-14(19)18-9-12-5-3-4-6-13(12)15-16-7-8-17-15/h3-8,11H,9-10H2,1-2H3,(H,16,17)(H,18,19). The predicted molar refractivity (Wildman–Crippen MR) is 84.8 cm³/mol. The Morgan fingerprint density at radius 3 is 2.68 bits per heavy atom. The average molecular weight is 321 g/mol. The molecular formula is C15H19N3O3S. The third-order valence-electron chi connectivity index (χ3n) is 3.30. The van der Waals surface area contributed by atoms with Crippen LogP contribution in [0.1, 0.15) is 19.4 Å². The number of aromatic nitrogens is 2. The van der Waals surface area contributed by atoms with Crippen molar-refractivity contribution in [3.63, 3.8) is 0 Å². The fourth-order valence-corrected chi connectivity index (χ4v) is 2.71. The summed E-state index contributed by atoms with van der Waals surface area (Å²) < 4.78 is 23.5. The van der Waals surface area contributed by atoms with Gasteiger partial charge in [0.25, 0.3) is 0 Å². The number of carbonyl (C=O) groups is 1. The topological polar surface area (TPSA) is 91.9 Å². The first-order valence-corrected chi connectivity index (χ1v) is 8.67. The van der Waals surface area contributed by atoms with Crippen molar-refractivity contribution in [2.45, 2.75) is 25.6 Å². The number of hydrogen-bond acceptors (Lipinski definition) is 4. The predicted octanol–water partition coefficient (Wildman–Crippen LogP) is 1.52. The molecule has 0 aliphatic carbocycles. The van der Waals surface area contributed by atoms with Gasteiger partial charge in [-0.15, -0.1) is 0 Å². The zero-order valence-corrected chi connectivity index (χ0v) is 13.4. The van der Waals surface area contributed by atoms with E-state index in [0.717, 1.165) is 11.1 Å². The van der Waals surface area contributed by atoms with Crippen molar-refractivity contribution in [1.29, 1.82) is 0 Å². The number of aromatic amines is 1. The van der Waals surface area contributed by atoms with Crippen molar-refractivity contribution in [1.82, 2.24) is 15.3 Å². The molecule has 0 aliphatic rings. The molecule has 0 saturated heterocycles. The molecule has 0 bridgehead atoms. The van der Waals surface area contributed by atoms with E-state index in [9.17, 15) is 13.2 Å². The van der Waals surface area contributed by atoms with E-state index < -0.39 is 26.7 Å². The Bertz CT molecular complexity index is 737. The van der Waals surface area contributed by atoms with Gasteiger partial charge in [-0.2, -0.15) is 0 Å². The fraction of sp³-hybridized carbons (Fsp3) is 0.333. The summed E-state index contributed by atoms with van der Waals surface area (Å²) >= 11 is 0. The van der Waals surface area contributed by atoms with Gasteiger partial charge in [0.2, 0.25) is 5.91 Å². The van der Waals surface area contributed by atoms with Crippen LogP contribution >= 0.6 is 0 Å². The minimum Gasteiger partial charge on any atom is -0.351 e. The molecule has 6 nitrogen and oxygen atoms in total. The summed E-state index contributed by atoms with van der Waals surface area (Å²) in [7, 11) is -3.39. The van der Waals surface area contributed by atoms with E-state index >= 15 is 0 Å². The highest BCUT2D eigenvalue weighted by Gasteiger charge is 2.20. The van der Waals surface area contributed by atoms with Crippen LogP contribution in [-0.4, -0.2) is 35.3 Å². The molecule has 2 N–H and O–H groups in total. The van der Waals surface area contributed by atoms with Crippen molar-refractivity contribution in [2.24, 2.45) is 0 Å². The Morgan fingerprint density at radius 2 is 2.05 bits per heavy atom. The van der Waals surface area contributed by atoms with Crippen LogP contribution in [0.25, 0.3) is 11.4 Å². The van der Waals surface area contributed by atoms with E-state index in [1.54, 1.807) is 26.2 Å². The van der Waals surface area contributed by atoms with Crippen molar-refractivity contribution in [3.8, 4) is 11.4 Å². The van der Waals surface area contributed by atoms with E-state index in [4.69, 9.17) is 0 Å². The minimum absolute atomic E-state index is 0.253. The maximum Gasteiger partial charge on any atom is 0.235 e. The monoisotopic (exact) mass is 321 g/mol. The van der Waals surface area contributed by atoms with Gasteiger partial charge in [0.1, 0.15) is 11.6 Å². The third kappa shape index (κ3) is 3.94. The molecule has 0 fully saturated rings. The molecule has 2 rings (SSSR count). The molecule has 118 valence electrons. The summed E-state index contributed by atoms with van der Waals surface area (Å²) in [6, 6.07) is 7.51. The van der Waals surface area contributed by atoms with Crippen molar-refractivity contribution < 1.29 is 13.2 Å². The van der Waals surface area contributed by atoms with Crippen molar-refractivity contribution in [2.75, 3.05) is 5.75 Å². The lowest BCUT2D eigenvalue weighted by atomic mass is 10.1. The molecule has 0 atom stereocenters. The van der Waals surface area contributed by atoms with E-state index in [2.05, 4.69) is 15.3 Å². The Morgan fingerprint density at radius 1 is 1.32 bits per heavy atom. The van der Waals surface area contributed by atoms with Gasteiger partial charge in [0.05, 0.1) is 5.25 Å². The summed E-state index contributed by atoms with van der Waals surface area (Å²) in [6.45, 7) is 3.38. The number of sulfone groups is 1. The van der Waals surface area contributed by atoms with E-state index in [1.165, 1.54) is 0 Å². The number of nitrogens with one attached hydrogen (secondary N) is 2. The molecule has 0 aliphatic heterocycles. The quantitative estimate of drug-likeness (QED) is 0.843. The number of amides is 1. The van der Waals surface area contributed by atoms with Gasteiger partial charge in [0.15, 0.2) is 9.84 Å². The smallest absolute Gasteiger partial charge is 0.235 e. The molecule has 0 saturated carbocycles. The normalized spacial score (nSPS) is 11.6. The number of nitrogens with zero attached hydrogens (tertiary/aromatic N) is 1. The highest BCUT2D eigenvalue weighted by atomic mass is 32.2.